The van der Waals surface area contributed by atoms with Crippen molar-refractivity contribution in [2.45, 2.75) is 51.8 Å². The summed E-state index contributed by atoms with van der Waals surface area (Å²) in [7, 11) is 0. The van der Waals surface area contributed by atoms with Gasteiger partial charge in [-0.3, -0.25) is 0 Å². The van der Waals surface area contributed by atoms with Gasteiger partial charge < -0.3 is 10.3 Å². The van der Waals surface area contributed by atoms with Crippen molar-refractivity contribution in [2.24, 2.45) is 0 Å². The monoisotopic (exact) mass is 265 g/mol. The van der Waals surface area contributed by atoms with Crippen molar-refractivity contribution in [1.82, 2.24) is 4.57 Å². The number of nitrogen functional groups attached to an aromatic ring is 1. The fourth-order valence-corrected chi connectivity index (χ4v) is 3.19. The molecule has 0 atom stereocenters. The molecule has 0 aliphatic carbocycles. The van der Waals surface area contributed by atoms with Crippen molar-refractivity contribution in [3.63, 3.8) is 0 Å². The number of hydrogen-bond acceptors (Lipinski definition) is 3. The minimum atomic E-state index is 0.205. The number of rotatable bonds is 5. The number of nitriles is 1. The number of aromatic nitrogens is 1. The Kier molecular flexibility index (Phi) is 4.75. The van der Waals surface area contributed by atoms with Crippen LogP contribution in [0.4, 0.5) is 5.82 Å². The number of nitrogens with zero attached hydrogens (tertiary/aromatic N) is 2. The summed E-state index contributed by atoms with van der Waals surface area (Å²) in [4.78, 5) is 0. The predicted molar refractivity (Wildman–Crippen MR) is 79.9 cm³/mol. The zero-order chi connectivity index (χ0) is 13.9. The highest BCUT2D eigenvalue weighted by Gasteiger charge is 2.28. The summed E-state index contributed by atoms with van der Waals surface area (Å²) in [6.07, 6.45) is 4.35. The number of thioether (sulfide) groups is 1. The van der Waals surface area contributed by atoms with Gasteiger partial charge in [0.05, 0.1) is 5.56 Å². The molecular formula is C14H23N3S. The van der Waals surface area contributed by atoms with Crippen LogP contribution in [0.1, 0.15) is 43.5 Å². The molecule has 18 heavy (non-hydrogen) atoms. The highest BCUT2D eigenvalue weighted by atomic mass is 32.2. The van der Waals surface area contributed by atoms with Crippen LogP contribution in [0.25, 0.3) is 0 Å². The second-order valence-electron chi connectivity index (χ2n) is 4.76. The Labute approximate surface area is 114 Å². The molecule has 0 aliphatic rings. The van der Waals surface area contributed by atoms with Gasteiger partial charge in [0.2, 0.25) is 0 Å². The molecule has 0 unspecified atom stereocenters. The van der Waals surface area contributed by atoms with Gasteiger partial charge >= 0.3 is 0 Å². The molecule has 4 heteroatoms. The first-order valence-electron chi connectivity index (χ1n) is 6.36. The molecular weight excluding hydrogens is 242 g/mol. The summed E-state index contributed by atoms with van der Waals surface area (Å²) in [5, 5.41) is 9.16. The zero-order valence-electron chi connectivity index (χ0n) is 12.0. The molecule has 1 rings (SSSR count). The van der Waals surface area contributed by atoms with E-state index in [-0.39, 0.29) is 4.75 Å². The van der Waals surface area contributed by atoms with Crippen LogP contribution < -0.4 is 5.73 Å². The number of hydrogen-bond donors (Lipinski definition) is 1. The van der Waals surface area contributed by atoms with E-state index in [9.17, 15) is 0 Å². The van der Waals surface area contributed by atoms with Crippen molar-refractivity contribution < 1.29 is 0 Å². The standard InChI is InChI=1S/C14H23N3S/c1-6-14(7-2,18-5)9-17-11(4)10(3)12(8-15)13(17)16/h6-7,9,16H2,1-5H3. The zero-order valence-corrected chi connectivity index (χ0v) is 12.8. The van der Waals surface area contributed by atoms with Crippen LogP contribution in [0.3, 0.4) is 0 Å². The molecule has 1 aromatic heterocycles. The third-order valence-corrected chi connectivity index (χ3v) is 5.72. The van der Waals surface area contributed by atoms with Crippen molar-refractivity contribution in [3.8, 4) is 6.07 Å². The summed E-state index contributed by atoms with van der Waals surface area (Å²) < 4.78 is 2.31. The summed E-state index contributed by atoms with van der Waals surface area (Å²) in [6, 6.07) is 2.21. The lowest BCUT2D eigenvalue weighted by Gasteiger charge is -2.31. The predicted octanol–water partition coefficient (Wildman–Crippen LogP) is 3.48. The van der Waals surface area contributed by atoms with Gasteiger partial charge in [0.1, 0.15) is 11.9 Å². The summed E-state index contributed by atoms with van der Waals surface area (Å²) in [5.74, 6) is 0.618. The smallest absolute Gasteiger partial charge is 0.122 e. The van der Waals surface area contributed by atoms with Gasteiger partial charge in [0.25, 0.3) is 0 Å². The van der Waals surface area contributed by atoms with E-state index in [0.29, 0.717) is 11.4 Å². The average molecular weight is 265 g/mol. The van der Waals surface area contributed by atoms with E-state index in [1.54, 1.807) is 0 Å². The van der Waals surface area contributed by atoms with E-state index >= 15 is 0 Å². The Morgan fingerprint density at radius 1 is 1.33 bits per heavy atom. The first-order valence-corrected chi connectivity index (χ1v) is 7.59. The van der Waals surface area contributed by atoms with Crippen LogP contribution >= 0.6 is 11.8 Å². The molecule has 0 radical (unpaired) electrons. The molecule has 0 fully saturated rings. The number of nitrogens with two attached hydrogens (primary N) is 1. The highest BCUT2D eigenvalue weighted by Crippen LogP contribution is 2.35. The maximum atomic E-state index is 9.16. The quantitative estimate of drug-likeness (QED) is 0.886. The van der Waals surface area contributed by atoms with Crippen LogP contribution in [0, 0.1) is 25.2 Å². The van der Waals surface area contributed by atoms with Gasteiger partial charge in [-0.1, -0.05) is 13.8 Å². The second kappa shape index (κ2) is 5.71. The van der Waals surface area contributed by atoms with Gasteiger partial charge in [-0.15, -0.1) is 0 Å². The second-order valence-corrected chi connectivity index (χ2v) is 6.04. The summed E-state index contributed by atoms with van der Waals surface area (Å²) in [5.41, 5.74) is 8.88. The molecule has 0 bridgehead atoms. The van der Waals surface area contributed by atoms with E-state index in [1.807, 2.05) is 25.6 Å². The van der Waals surface area contributed by atoms with E-state index in [2.05, 4.69) is 30.7 Å². The Bertz CT molecular complexity index is 456. The van der Waals surface area contributed by atoms with Gasteiger partial charge in [0.15, 0.2) is 0 Å². The maximum Gasteiger partial charge on any atom is 0.122 e. The van der Waals surface area contributed by atoms with Gasteiger partial charge in [-0.05, 0) is 38.5 Å². The molecule has 2 N–H and O–H groups in total. The van der Waals surface area contributed by atoms with E-state index in [0.717, 1.165) is 30.6 Å². The fraction of sp³-hybridized carbons (Fsp3) is 0.643. The molecule has 3 nitrogen and oxygen atoms in total. The van der Waals surface area contributed by atoms with E-state index < -0.39 is 0 Å². The first-order chi connectivity index (χ1) is 8.46. The van der Waals surface area contributed by atoms with Gasteiger partial charge in [-0.25, -0.2) is 0 Å². The molecule has 0 saturated heterocycles. The Balaban J connectivity index is 3.24. The minimum absolute atomic E-state index is 0.205. The topological polar surface area (TPSA) is 54.7 Å². The van der Waals surface area contributed by atoms with Gasteiger partial charge in [0, 0.05) is 17.0 Å². The van der Waals surface area contributed by atoms with Crippen molar-refractivity contribution in [3.05, 3.63) is 16.8 Å². The normalized spacial score (nSPS) is 11.6. The lowest BCUT2D eigenvalue weighted by molar-refractivity contribution is 0.465. The lowest BCUT2D eigenvalue weighted by Crippen LogP contribution is -2.30. The van der Waals surface area contributed by atoms with Crippen LogP contribution in [0.2, 0.25) is 0 Å². The highest BCUT2D eigenvalue weighted by molar-refractivity contribution is 8.00. The molecule has 0 saturated carbocycles. The molecule has 0 aromatic carbocycles. The average Bonchev–Trinajstić information content (AvgIpc) is 2.59. The summed E-state index contributed by atoms with van der Waals surface area (Å²) >= 11 is 1.89. The molecule has 100 valence electrons. The molecule has 1 aromatic rings. The fourth-order valence-electron chi connectivity index (χ4n) is 2.35. The largest absolute Gasteiger partial charge is 0.384 e. The van der Waals surface area contributed by atoms with Crippen molar-refractivity contribution in [2.75, 3.05) is 12.0 Å². The van der Waals surface area contributed by atoms with Crippen molar-refractivity contribution >= 4 is 17.6 Å². The Morgan fingerprint density at radius 2 is 1.89 bits per heavy atom. The SMILES string of the molecule is CCC(CC)(Cn1c(C)c(C)c(C#N)c1N)SC. The number of anilines is 1. The van der Waals surface area contributed by atoms with Gasteiger partial charge in [-0.2, -0.15) is 17.0 Å². The summed E-state index contributed by atoms with van der Waals surface area (Å²) in [6.45, 7) is 9.32. The minimum Gasteiger partial charge on any atom is -0.384 e. The van der Waals surface area contributed by atoms with E-state index in [1.165, 1.54) is 0 Å². The maximum absolute atomic E-state index is 9.16. The third kappa shape index (κ3) is 2.37. The lowest BCUT2D eigenvalue weighted by atomic mass is 10.0. The molecule has 0 aliphatic heterocycles. The Hall–Kier alpha value is -1.08. The van der Waals surface area contributed by atoms with Crippen molar-refractivity contribution in [1.29, 1.82) is 5.26 Å². The van der Waals surface area contributed by atoms with E-state index in [4.69, 9.17) is 11.0 Å². The Morgan fingerprint density at radius 3 is 2.22 bits per heavy atom. The van der Waals surface area contributed by atoms with Crippen LogP contribution in [0.5, 0.6) is 0 Å². The third-order valence-electron chi connectivity index (χ3n) is 4.15. The first kappa shape index (κ1) is 15.0. The van der Waals surface area contributed by atoms with Crippen LogP contribution in [-0.4, -0.2) is 15.6 Å². The van der Waals surface area contributed by atoms with Crippen LogP contribution in [-0.2, 0) is 6.54 Å². The van der Waals surface area contributed by atoms with Crippen LogP contribution in [0.15, 0.2) is 0 Å². The molecule has 1 heterocycles. The molecule has 0 spiro atoms. The molecule has 0 amide bonds.